The van der Waals surface area contributed by atoms with Crippen molar-refractivity contribution < 1.29 is 4.74 Å². The summed E-state index contributed by atoms with van der Waals surface area (Å²) < 4.78 is 6.92. The summed E-state index contributed by atoms with van der Waals surface area (Å²) >= 11 is 0. The van der Waals surface area contributed by atoms with E-state index in [9.17, 15) is 5.26 Å². The number of aromatic nitrogens is 5. The van der Waals surface area contributed by atoms with Crippen LogP contribution >= 0.6 is 0 Å². The Kier molecular flexibility index (Phi) is 3.51. The van der Waals surface area contributed by atoms with E-state index in [-0.39, 0.29) is 0 Å². The highest BCUT2D eigenvalue weighted by molar-refractivity contribution is 6.09. The highest BCUT2D eigenvalue weighted by Crippen LogP contribution is 2.31. The summed E-state index contributed by atoms with van der Waals surface area (Å²) in [5.74, 6) is 1.41. The van der Waals surface area contributed by atoms with Gasteiger partial charge in [0.25, 0.3) is 0 Å². The molecule has 0 unspecified atom stereocenters. The molecule has 26 heavy (non-hydrogen) atoms. The molecular formula is C18H17N7O. The molecule has 0 fully saturated rings. The van der Waals surface area contributed by atoms with Crippen LogP contribution in [-0.2, 0) is 5.54 Å². The van der Waals surface area contributed by atoms with Crippen molar-refractivity contribution in [1.82, 2.24) is 25.0 Å². The predicted octanol–water partition coefficient (Wildman–Crippen LogP) is 3.32. The van der Waals surface area contributed by atoms with Gasteiger partial charge in [0.1, 0.15) is 16.8 Å². The third-order valence-corrected chi connectivity index (χ3v) is 4.29. The van der Waals surface area contributed by atoms with Crippen molar-refractivity contribution in [2.45, 2.75) is 19.4 Å². The van der Waals surface area contributed by atoms with E-state index >= 15 is 0 Å². The summed E-state index contributed by atoms with van der Waals surface area (Å²) in [6.45, 7) is 3.61. The highest BCUT2D eigenvalue weighted by atomic mass is 16.5. The number of benzene rings is 1. The Morgan fingerprint density at radius 2 is 2.12 bits per heavy atom. The lowest BCUT2D eigenvalue weighted by Gasteiger charge is -2.15. The van der Waals surface area contributed by atoms with E-state index in [0.717, 1.165) is 33.2 Å². The topological polar surface area (TPSA) is 104 Å². The Bertz CT molecular complexity index is 1150. The van der Waals surface area contributed by atoms with E-state index in [1.54, 1.807) is 44.2 Å². The van der Waals surface area contributed by atoms with Gasteiger partial charge in [-0.2, -0.15) is 15.5 Å². The Balaban J connectivity index is 1.79. The fourth-order valence-corrected chi connectivity index (χ4v) is 2.77. The molecule has 1 aromatic carbocycles. The zero-order valence-electron chi connectivity index (χ0n) is 14.6. The van der Waals surface area contributed by atoms with Gasteiger partial charge in [-0.05, 0) is 32.0 Å². The number of H-pyrrole nitrogens is 1. The molecule has 0 aliphatic rings. The van der Waals surface area contributed by atoms with Crippen LogP contribution in [0, 0.1) is 11.3 Å². The van der Waals surface area contributed by atoms with Crippen LogP contribution in [0.25, 0.3) is 21.8 Å². The van der Waals surface area contributed by atoms with Crippen LogP contribution in [0.4, 0.5) is 11.5 Å². The van der Waals surface area contributed by atoms with Crippen LogP contribution in [0.3, 0.4) is 0 Å². The number of rotatable bonds is 4. The third-order valence-electron chi connectivity index (χ3n) is 4.29. The number of nitrogens with zero attached hydrogens (tertiary/aromatic N) is 5. The van der Waals surface area contributed by atoms with E-state index in [4.69, 9.17) is 9.72 Å². The molecule has 0 radical (unpaired) electrons. The normalized spacial score (nSPS) is 11.6. The molecule has 2 N–H and O–H groups in total. The number of ether oxygens (including phenoxy) is 1. The lowest BCUT2D eigenvalue weighted by Crippen LogP contribution is -2.24. The Hall–Kier alpha value is -3.60. The van der Waals surface area contributed by atoms with Gasteiger partial charge in [0, 0.05) is 10.8 Å². The Labute approximate surface area is 149 Å². The van der Waals surface area contributed by atoms with Crippen LogP contribution < -0.4 is 10.1 Å². The number of nitrogens with one attached hydrogen (secondary N) is 2. The monoisotopic (exact) mass is 347 g/mol. The number of fused-ring (bicyclic) bond motifs is 3. The predicted molar refractivity (Wildman–Crippen MR) is 98.4 cm³/mol. The molecule has 0 aliphatic carbocycles. The van der Waals surface area contributed by atoms with Gasteiger partial charge in [0.15, 0.2) is 5.82 Å². The maximum atomic E-state index is 9.25. The number of hydrogen-bond acceptors (Lipinski definition) is 6. The molecular weight excluding hydrogens is 330 g/mol. The zero-order chi connectivity index (χ0) is 18.3. The minimum absolute atomic E-state index is 0.643. The van der Waals surface area contributed by atoms with E-state index < -0.39 is 5.54 Å². The van der Waals surface area contributed by atoms with Crippen LogP contribution in [-0.4, -0.2) is 32.1 Å². The number of nitriles is 1. The lowest BCUT2D eigenvalue weighted by atomic mass is 10.1. The van der Waals surface area contributed by atoms with Crippen molar-refractivity contribution in [2.75, 3.05) is 12.4 Å². The molecule has 0 atom stereocenters. The fraction of sp³-hybridized carbons (Fsp3) is 0.222. The second kappa shape index (κ2) is 5.74. The summed E-state index contributed by atoms with van der Waals surface area (Å²) in [6, 6.07) is 7.95. The van der Waals surface area contributed by atoms with Crippen molar-refractivity contribution in [2.24, 2.45) is 0 Å². The standard InChI is InChI=1S/C18H17N7O/c1-18(2,10-19)25-9-11(7-21-25)22-17-16-14(8-20-24-16)13-6-12(26-3)4-5-15(13)23-17/h4-9H,1-3H3,(H,20,24)(H,22,23). The van der Waals surface area contributed by atoms with Crippen LogP contribution in [0.2, 0.25) is 0 Å². The largest absolute Gasteiger partial charge is 0.497 e. The quantitative estimate of drug-likeness (QED) is 0.587. The van der Waals surface area contributed by atoms with Gasteiger partial charge in [0.2, 0.25) is 0 Å². The van der Waals surface area contributed by atoms with E-state index in [1.807, 2.05) is 18.2 Å². The third kappa shape index (κ3) is 2.50. The first-order valence-electron chi connectivity index (χ1n) is 8.06. The van der Waals surface area contributed by atoms with E-state index in [2.05, 4.69) is 26.7 Å². The van der Waals surface area contributed by atoms with Crippen molar-refractivity contribution in [3.63, 3.8) is 0 Å². The number of hydrogen-bond donors (Lipinski definition) is 2. The first-order chi connectivity index (χ1) is 12.5. The second-order valence-electron chi connectivity index (χ2n) is 6.47. The number of aromatic amines is 1. The molecule has 4 aromatic rings. The number of pyridine rings is 1. The lowest BCUT2D eigenvalue weighted by molar-refractivity contribution is 0.415. The molecule has 0 saturated heterocycles. The van der Waals surface area contributed by atoms with E-state index in [0.29, 0.717) is 5.82 Å². The zero-order valence-corrected chi connectivity index (χ0v) is 14.6. The molecule has 8 nitrogen and oxygen atoms in total. The van der Waals surface area contributed by atoms with Gasteiger partial charge in [-0.1, -0.05) is 0 Å². The van der Waals surface area contributed by atoms with Crippen molar-refractivity contribution in [1.29, 1.82) is 5.26 Å². The van der Waals surface area contributed by atoms with Gasteiger partial charge < -0.3 is 10.1 Å². The molecule has 0 amide bonds. The molecule has 3 heterocycles. The summed E-state index contributed by atoms with van der Waals surface area (Å²) in [4.78, 5) is 4.70. The van der Waals surface area contributed by atoms with E-state index in [1.165, 1.54) is 0 Å². The minimum Gasteiger partial charge on any atom is -0.497 e. The maximum absolute atomic E-state index is 9.25. The first-order valence-corrected chi connectivity index (χ1v) is 8.06. The Morgan fingerprint density at radius 3 is 2.88 bits per heavy atom. The van der Waals surface area contributed by atoms with Gasteiger partial charge in [-0.25, -0.2) is 4.98 Å². The molecule has 0 bridgehead atoms. The summed E-state index contributed by atoms with van der Waals surface area (Å²) in [6.07, 6.45) is 5.22. The number of anilines is 2. The summed E-state index contributed by atoms with van der Waals surface area (Å²) in [5, 5.41) is 25.8. The maximum Gasteiger partial charge on any atom is 0.157 e. The average Bonchev–Trinajstić information content (AvgIpc) is 3.31. The molecule has 0 aliphatic heterocycles. The van der Waals surface area contributed by atoms with Crippen molar-refractivity contribution >= 4 is 33.3 Å². The molecule has 0 spiro atoms. The van der Waals surface area contributed by atoms with Crippen LogP contribution in [0.1, 0.15) is 13.8 Å². The summed E-state index contributed by atoms with van der Waals surface area (Å²) in [5.41, 5.74) is 1.63. The molecule has 3 aromatic heterocycles. The molecule has 8 heteroatoms. The van der Waals surface area contributed by atoms with Gasteiger partial charge in [-0.3, -0.25) is 9.78 Å². The average molecular weight is 347 g/mol. The second-order valence-corrected chi connectivity index (χ2v) is 6.47. The SMILES string of the molecule is COc1ccc2nc(Nc3cnn(C(C)(C)C#N)c3)c3[nH]ncc3c2c1. The minimum atomic E-state index is -0.726. The Morgan fingerprint density at radius 1 is 1.27 bits per heavy atom. The van der Waals surface area contributed by atoms with Crippen LogP contribution in [0.15, 0.2) is 36.8 Å². The van der Waals surface area contributed by atoms with Gasteiger partial charge in [0.05, 0.1) is 43.0 Å². The fourth-order valence-electron chi connectivity index (χ4n) is 2.77. The smallest absolute Gasteiger partial charge is 0.157 e. The molecule has 4 rings (SSSR count). The number of methoxy groups -OCH3 is 1. The van der Waals surface area contributed by atoms with Crippen molar-refractivity contribution in [3.05, 3.63) is 36.8 Å². The van der Waals surface area contributed by atoms with Crippen molar-refractivity contribution in [3.8, 4) is 11.8 Å². The highest BCUT2D eigenvalue weighted by Gasteiger charge is 2.20. The molecule has 130 valence electrons. The van der Waals surface area contributed by atoms with Gasteiger partial charge >= 0.3 is 0 Å². The van der Waals surface area contributed by atoms with Gasteiger partial charge in [-0.15, -0.1) is 0 Å². The summed E-state index contributed by atoms with van der Waals surface area (Å²) in [7, 11) is 1.64. The molecule has 0 saturated carbocycles. The van der Waals surface area contributed by atoms with Crippen LogP contribution in [0.5, 0.6) is 5.75 Å². The first kappa shape index (κ1) is 15.9.